The third kappa shape index (κ3) is 7.83. The summed E-state index contributed by atoms with van der Waals surface area (Å²) in [4.78, 5) is 34.4. The van der Waals surface area contributed by atoms with E-state index in [1.54, 1.807) is 19.3 Å². The van der Waals surface area contributed by atoms with Gasteiger partial charge in [0.05, 0.1) is 35.9 Å². The zero-order valence-electron chi connectivity index (χ0n) is 19.8. The van der Waals surface area contributed by atoms with Gasteiger partial charge in [-0.3, -0.25) is 4.79 Å². The first-order valence-electron chi connectivity index (χ1n) is 11.0. The van der Waals surface area contributed by atoms with E-state index in [1.165, 1.54) is 0 Å². The molecule has 2 amide bonds. The molecule has 8 heteroatoms. The first kappa shape index (κ1) is 25.1. The molecule has 8 nitrogen and oxygen atoms in total. The molecule has 174 valence electrons. The van der Waals surface area contributed by atoms with Crippen molar-refractivity contribution < 1.29 is 14.7 Å². The van der Waals surface area contributed by atoms with Gasteiger partial charge in [0.15, 0.2) is 0 Å². The number of benzene rings is 1. The predicted octanol–water partition coefficient (Wildman–Crippen LogP) is 5.13. The van der Waals surface area contributed by atoms with Crippen LogP contribution in [-0.2, 0) is 4.79 Å². The third-order valence-electron chi connectivity index (χ3n) is 4.87. The van der Waals surface area contributed by atoms with Crippen molar-refractivity contribution in [2.24, 2.45) is 11.8 Å². The number of nitrogens with one attached hydrogen (secondary N) is 2. The fraction of sp³-hybridized carbons (Fsp3) is 0.500. The van der Waals surface area contributed by atoms with E-state index in [-0.39, 0.29) is 12.3 Å². The van der Waals surface area contributed by atoms with Crippen LogP contribution in [0.4, 0.5) is 21.9 Å². The van der Waals surface area contributed by atoms with Crippen molar-refractivity contribution in [1.82, 2.24) is 9.97 Å². The number of aliphatic carboxylic acids is 1. The van der Waals surface area contributed by atoms with Crippen molar-refractivity contribution in [3.05, 3.63) is 42.0 Å². The number of carboxylic acids is 1. The molecule has 1 aromatic carbocycles. The zero-order chi connectivity index (χ0) is 23.8. The fourth-order valence-electron chi connectivity index (χ4n) is 3.51. The van der Waals surface area contributed by atoms with Crippen LogP contribution in [0.1, 0.15) is 58.3 Å². The Morgan fingerprint density at radius 3 is 2.12 bits per heavy atom. The van der Waals surface area contributed by atoms with Crippen molar-refractivity contribution in [2.75, 3.05) is 28.6 Å². The van der Waals surface area contributed by atoms with Crippen LogP contribution in [0, 0.1) is 18.8 Å². The molecule has 0 fully saturated rings. The normalized spacial score (nSPS) is 12.0. The van der Waals surface area contributed by atoms with Crippen molar-refractivity contribution in [2.45, 2.75) is 53.9 Å². The summed E-state index contributed by atoms with van der Waals surface area (Å²) in [5, 5.41) is 14.9. The Hall–Kier alpha value is -3.16. The fourth-order valence-corrected chi connectivity index (χ4v) is 3.51. The number of urea groups is 1. The van der Waals surface area contributed by atoms with Crippen LogP contribution in [0.3, 0.4) is 0 Å². The molecule has 1 aromatic heterocycles. The van der Waals surface area contributed by atoms with Gasteiger partial charge in [0.1, 0.15) is 5.82 Å². The molecule has 0 radical (unpaired) electrons. The smallest absolute Gasteiger partial charge is 0.323 e. The molecule has 0 saturated carbocycles. The minimum absolute atomic E-state index is 0.0212. The maximum Gasteiger partial charge on any atom is 0.323 e. The Labute approximate surface area is 190 Å². The minimum Gasteiger partial charge on any atom is -0.481 e. The quantitative estimate of drug-likeness (QED) is 0.472. The van der Waals surface area contributed by atoms with E-state index in [4.69, 9.17) is 0 Å². The Bertz CT molecular complexity index is 902. The van der Waals surface area contributed by atoms with E-state index >= 15 is 0 Å². The molecule has 0 bridgehead atoms. The Morgan fingerprint density at radius 1 is 1.00 bits per heavy atom. The lowest BCUT2D eigenvalue weighted by atomic mass is 9.96. The van der Waals surface area contributed by atoms with Crippen LogP contribution in [0.25, 0.3) is 0 Å². The second-order valence-corrected chi connectivity index (χ2v) is 9.07. The largest absolute Gasteiger partial charge is 0.481 e. The lowest BCUT2D eigenvalue weighted by Gasteiger charge is -2.31. The van der Waals surface area contributed by atoms with Gasteiger partial charge in [-0.2, -0.15) is 0 Å². The second kappa shape index (κ2) is 11.5. The number of anilines is 3. The highest BCUT2D eigenvalue weighted by Crippen LogP contribution is 2.32. The molecular weight excluding hydrogens is 406 g/mol. The van der Waals surface area contributed by atoms with E-state index in [0.717, 1.165) is 24.3 Å². The molecule has 2 rings (SSSR count). The van der Waals surface area contributed by atoms with E-state index in [9.17, 15) is 14.7 Å². The predicted molar refractivity (Wildman–Crippen MR) is 128 cm³/mol. The summed E-state index contributed by atoms with van der Waals surface area (Å²) in [5.41, 5.74) is 2.91. The zero-order valence-corrected chi connectivity index (χ0v) is 19.8. The number of amides is 2. The van der Waals surface area contributed by atoms with Gasteiger partial charge in [-0.05, 0) is 42.4 Å². The number of carboxylic acid groups (broad SMARTS) is 1. The summed E-state index contributed by atoms with van der Waals surface area (Å²) in [6.07, 6.45) is 3.13. The van der Waals surface area contributed by atoms with Gasteiger partial charge in [0, 0.05) is 13.1 Å². The number of aromatic nitrogens is 2. The summed E-state index contributed by atoms with van der Waals surface area (Å²) >= 11 is 0. The summed E-state index contributed by atoms with van der Waals surface area (Å²) in [6, 6.07) is 5.40. The van der Waals surface area contributed by atoms with E-state index < -0.39 is 12.0 Å². The van der Waals surface area contributed by atoms with Crippen LogP contribution >= 0.6 is 0 Å². The summed E-state index contributed by atoms with van der Waals surface area (Å²) in [5.74, 6) is 0.460. The molecular formula is C24H35N5O3. The van der Waals surface area contributed by atoms with Gasteiger partial charge in [-0.15, -0.1) is 0 Å². The highest BCUT2D eigenvalue weighted by Gasteiger charge is 2.19. The lowest BCUT2D eigenvalue weighted by Crippen LogP contribution is -2.32. The average molecular weight is 442 g/mol. The maximum absolute atomic E-state index is 12.8. The first-order chi connectivity index (χ1) is 15.0. The van der Waals surface area contributed by atoms with E-state index in [2.05, 4.69) is 53.2 Å². The maximum atomic E-state index is 12.8. The molecule has 32 heavy (non-hydrogen) atoms. The van der Waals surface area contributed by atoms with Crippen LogP contribution in [0.2, 0.25) is 0 Å². The second-order valence-electron chi connectivity index (χ2n) is 9.07. The summed E-state index contributed by atoms with van der Waals surface area (Å²) < 4.78 is 0. The molecule has 0 aliphatic carbocycles. The summed E-state index contributed by atoms with van der Waals surface area (Å²) in [6.45, 7) is 14.0. The van der Waals surface area contributed by atoms with Crippen molar-refractivity contribution >= 4 is 29.1 Å². The van der Waals surface area contributed by atoms with Gasteiger partial charge in [0.25, 0.3) is 0 Å². The molecule has 1 atom stereocenters. The average Bonchev–Trinajstić information content (AvgIpc) is 2.68. The van der Waals surface area contributed by atoms with Crippen LogP contribution in [-0.4, -0.2) is 40.2 Å². The standard InChI is InChI=1S/C24H35N5O3/c1-15(2)13-29(14-16(3)4)22-8-7-19(17(5)9-23(30)31)10-21(22)28-24(32)27-20-11-25-18(6)26-12-20/h7-8,10-12,15-17H,9,13-14H2,1-6H3,(H,30,31)(H2,27,28,32)/t17-/m0/s1. The molecule has 1 heterocycles. The number of nitrogens with zero attached hydrogens (tertiary/aromatic N) is 3. The lowest BCUT2D eigenvalue weighted by molar-refractivity contribution is -0.137. The van der Waals surface area contributed by atoms with Gasteiger partial charge < -0.3 is 20.6 Å². The van der Waals surface area contributed by atoms with Crippen LogP contribution in [0.15, 0.2) is 30.6 Å². The molecule has 0 aliphatic heterocycles. The number of carbonyl (C=O) groups excluding carboxylic acids is 1. The van der Waals surface area contributed by atoms with Crippen molar-refractivity contribution in [3.63, 3.8) is 0 Å². The highest BCUT2D eigenvalue weighted by atomic mass is 16.4. The van der Waals surface area contributed by atoms with Gasteiger partial charge in [-0.25, -0.2) is 14.8 Å². The van der Waals surface area contributed by atoms with Crippen LogP contribution in [0.5, 0.6) is 0 Å². The number of hydrogen-bond donors (Lipinski definition) is 3. The summed E-state index contributed by atoms with van der Waals surface area (Å²) in [7, 11) is 0. The molecule has 0 saturated heterocycles. The Kier molecular flexibility index (Phi) is 8.99. The number of hydrogen-bond acceptors (Lipinski definition) is 5. The van der Waals surface area contributed by atoms with Gasteiger partial charge in [0.2, 0.25) is 0 Å². The number of rotatable bonds is 10. The van der Waals surface area contributed by atoms with E-state index in [1.807, 2.05) is 25.1 Å². The Balaban J connectivity index is 2.37. The first-order valence-corrected chi connectivity index (χ1v) is 11.0. The molecule has 0 spiro atoms. The SMILES string of the molecule is Cc1ncc(NC(=O)Nc2cc([C@@H](C)CC(=O)O)ccc2N(CC(C)C)CC(C)C)cn1. The molecule has 0 unspecified atom stereocenters. The molecule has 3 N–H and O–H groups in total. The topological polar surface area (TPSA) is 107 Å². The van der Waals surface area contributed by atoms with Crippen LogP contribution < -0.4 is 15.5 Å². The number of aryl methyl sites for hydroxylation is 1. The monoisotopic (exact) mass is 441 g/mol. The highest BCUT2D eigenvalue weighted by molar-refractivity contribution is 6.01. The third-order valence-corrected chi connectivity index (χ3v) is 4.87. The van der Waals surface area contributed by atoms with Crippen molar-refractivity contribution in [3.8, 4) is 0 Å². The minimum atomic E-state index is -0.852. The van der Waals surface area contributed by atoms with Gasteiger partial charge in [-0.1, -0.05) is 40.7 Å². The van der Waals surface area contributed by atoms with Gasteiger partial charge >= 0.3 is 12.0 Å². The number of carbonyl (C=O) groups is 2. The van der Waals surface area contributed by atoms with E-state index in [0.29, 0.717) is 29.0 Å². The Morgan fingerprint density at radius 2 is 1.59 bits per heavy atom. The molecule has 0 aliphatic rings. The molecule has 2 aromatic rings. The van der Waals surface area contributed by atoms with Crippen molar-refractivity contribution in [1.29, 1.82) is 0 Å².